The molecule has 10 atom stereocenters. The van der Waals surface area contributed by atoms with Crippen LogP contribution in [0, 0.1) is 70.5 Å². The van der Waals surface area contributed by atoms with E-state index in [1.165, 1.54) is 34.0 Å². The molecule has 0 radical (unpaired) electrons. The third-order valence-corrected chi connectivity index (χ3v) is 16.2. The molecule has 5 fully saturated rings. The van der Waals surface area contributed by atoms with Gasteiger partial charge in [0.1, 0.15) is 17.8 Å². The largest absolute Gasteiger partial charge is 0.448 e. The number of methoxy groups -OCH3 is 1. The number of hydrogen-bond donors (Lipinski definition) is 0. The summed E-state index contributed by atoms with van der Waals surface area (Å²) in [4.78, 5) is 35.0. The van der Waals surface area contributed by atoms with E-state index in [0.29, 0.717) is 54.5 Å². The van der Waals surface area contributed by atoms with E-state index in [-0.39, 0.29) is 45.4 Å². The average molecular weight is 689 g/mol. The minimum Gasteiger partial charge on any atom is -0.448 e. The standard InChI is InChI=1S/C41H60N4O5/c1-26(24-48-9)29-12-17-41(25-49-35(46)44-22-20-42-27(44)2)19-18-39(7)30(34(29)41)10-11-32-38(6)15-14-33(50-36(47)45-23-21-43-28(45)3)37(4,5)31(38)13-16-40(32,39)8/h20-23,29-34H,1,10-19,24-25H2,2-9H3/t29-,30?,31?,32?,33-,34?,38-,39+,40+,41+/m0/s1. The van der Waals surface area contributed by atoms with E-state index in [0.717, 1.165) is 44.9 Å². The second-order valence-corrected chi connectivity index (χ2v) is 18.3. The number of carbonyl (C=O) groups is 2. The average Bonchev–Trinajstić information content (AvgIpc) is 3.80. The van der Waals surface area contributed by atoms with Crippen LogP contribution in [0.2, 0.25) is 0 Å². The molecule has 4 unspecified atom stereocenters. The van der Waals surface area contributed by atoms with Gasteiger partial charge in [0.05, 0.1) is 13.2 Å². The van der Waals surface area contributed by atoms with E-state index in [1.807, 2.05) is 13.8 Å². The minimum absolute atomic E-state index is 0.0580. The smallest absolute Gasteiger partial charge is 0.419 e. The number of ether oxygens (including phenoxy) is 3. The lowest BCUT2D eigenvalue weighted by atomic mass is 9.32. The van der Waals surface area contributed by atoms with Gasteiger partial charge in [-0.25, -0.2) is 28.7 Å². The van der Waals surface area contributed by atoms with Crippen molar-refractivity contribution in [3.8, 4) is 0 Å². The molecule has 5 aliphatic rings. The quantitative estimate of drug-likeness (QED) is 0.280. The van der Waals surface area contributed by atoms with Gasteiger partial charge in [-0.05, 0) is 129 Å². The first-order chi connectivity index (χ1) is 23.6. The van der Waals surface area contributed by atoms with Gasteiger partial charge < -0.3 is 14.2 Å². The number of nitrogens with zero attached hydrogens (tertiary/aromatic N) is 4. The first-order valence-corrected chi connectivity index (χ1v) is 19.2. The molecule has 0 aromatic carbocycles. The Hall–Kier alpha value is -2.94. The molecule has 0 N–H and O–H groups in total. The van der Waals surface area contributed by atoms with E-state index in [9.17, 15) is 9.59 Å². The molecule has 2 heterocycles. The molecule has 9 heteroatoms. The normalized spacial score (nSPS) is 40.2. The molecule has 0 saturated heterocycles. The second-order valence-electron chi connectivity index (χ2n) is 18.3. The van der Waals surface area contributed by atoms with Crippen molar-refractivity contribution < 1.29 is 23.8 Å². The van der Waals surface area contributed by atoms with Gasteiger partial charge in [0.25, 0.3) is 0 Å². The molecule has 5 saturated carbocycles. The number of aryl methyl sites for hydroxylation is 2. The molecule has 2 aromatic heterocycles. The maximum Gasteiger partial charge on any atom is 0.419 e. The van der Waals surface area contributed by atoms with Gasteiger partial charge in [0, 0.05) is 42.7 Å². The maximum atomic E-state index is 13.3. The summed E-state index contributed by atoms with van der Waals surface area (Å²) in [6, 6.07) is 0. The Morgan fingerprint density at radius 1 is 0.820 bits per heavy atom. The van der Waals surface area contributed by atoms with Crippen LogP contribution in [0.25, 0.3) is 0 Å². The molecular weight excluding hydrogens is 628 g/mol. The zero-order chi connectivity index (χ0) is 35.9. The van der Waals surface area contributed by atoms with Crippen molar-refractivity contribution in [2.24, 2.45) is 56.7 Å². The van der Waals surface area contributed by atoms with Gasteiger partial charge in [-0.2, -0.15) is 0 Å². The lowest BCUT2D eigenvalue weighted by Crippen LogP contribution is -2.67. The number of fused-ring (bicyclic) bond motifs is 7. The second kappa shape index (κ2) is 12.3. The lowest BCUT2D eigenvalue weighted by molar-refractivity contribution is -0.249. The van der Waals surface area contributed by atoms with Crippen molar-refractivity contribution in [2.75, 3.05) is 20.3 Å². The van der Waals surface area contributed by atoms with Crippen LogP contribution in [-0.2, 0) is 14.2 Å². The van der Waals surface area contributed by atoms with Crippen LogP contribution in [0.4, 0.5) is 9.59 Å². The first kappa shape index (κ1) is 35.5. The summed E-state index contributed by atoms with van der Waals surface area (Å²) in [6.45, 7) is 21.9. The SMILES string of the molecule is C=C(COC)[C@@H]1CC[C@]2(COC(=O)n3ccnc3C)CC[C@]3(C)C(CCC4[C@@]5(C)CC[C@H](OC(=O)n6ccnc6C)C(C)(C)C5CC[C@]43C)C12. The Morgan fingerprint density at radius 3 is 2.14 bits per heavy atom. The van der Waals surface area contributed by atoms with Crippen molar-refractivity contribution in [1.82, 2.24) is 19.1 Å². The van der Waals surface area contributed by atoms with Crippen LogP contribution < -0.4 is 0 Å². The highest BCUT2D eigenvalue weighted by Gasteiger charge is 2.71. The molecule has 9 nitrogen and oxygen atoms in total. The maximum absolute atomic E-state index is 13.3. The Kier molecular flexibility index (Phi) is 8.75. The van der Waals surface area contributed by atoms with Crippen molar-refractivity contribution >= 4 is 12.2 Å². The molecule has 5 aliphatic carbocycles. The van der Waals surface area contributed by atoms with Crippen LogP contribution in [0.15, 0.2) is 36.9 Å². The van der Waals surface area contributed by atoms with Crippen molar-refractivity contribution in [3.63, 3.8) is 0 Å². The van der Waals surface area contributed by atoms with Gasteiger partial charge in [-0.3, -0.25) is 0 Å². The summed E-state index contributed by atoms with van der Waals surface area (Å²) in [7, 11) is 1.77. The van der Waals surface area contributed by atoms with Crippen LogP contribution in [-0.4, -0.2) is 57.7 Å². The molecule has 0 amide bonds. The molecular formula is C41H60N4O5. The Balaban J connectivity index is 1.16. The fourth-order valence-corrected chi connectivity index (χ4v) is 13.5. The summed E-state index contributed by atoms with van der Waals surface area (Å²) >= 11 is 0. The predicted octanol–water partition coefficient (Wildman–Crippen LogP) is 9.02. The minimum atomic E-state index is -0.327. The predicted molar refractivity (Wildman–Crippen MR) is 192 cm³/mol. The first-order valence-electron chi connectivity index (χ1n) is 19.2. The number of carbonyl (C=O) groups excluding carboxylic acids is 2. The van der Waals surface area contributed by atoms with Crippen molar-refractivity contribution in [2.45, 2.75) is 119 Å². The van der Waals surface area contributed by atoms with Crippen LogP contribution >= 0.6 is 0 Å². The molecule has 0 aliphatic heterocycles. The van der Waals surface area contributed by atoms with Crippen molar-refractivity contribution in [3.05, 3.63) is 48.6 Å². The van der Waals surface area contributed by atoms with Gasteiger partial charge >= 0.3 is 12.2 Å². The van der Waals surface area contributed by atoms with E-state index >= 15 is 0 Å². The van der Waals surface area contributed by atoms with E-state index in [2.05, 4.69) is 51.2 Å². The molecule has 7 rings (SSSR count). The number of hydrogen-bond acceptors (Lipinski definition) is 7. The summed E-state index contributed by atoms with van der Waals surface area (Å²) in [6.07, 6.45) is 17.0. The van der Waals surface area contributed by atoms with Gasteiger partial charge in [0.15, 0.2) is 0 Å². The lowest BCUT2D eigenvalue weighted by Gasteiger charge is -2.73. The van der Waals surface area contributed by atoms with Gasteiger partial charge in [-0.1, -0.05) is 41.2 Å². The zero-order valence-corrected chi connectivity index (χ0v) is 31.8. The Labute approximate surface area is 298 Å². The highest BCUT2D eigenvalue weighted by Crippen LogP contribution is 2.77. The van der Waals surface area contributed by atoms with Crippen molar-refractivity contribution in [1.29, 1.82) is 0 Å². The highest BCUT2D eigenvalue weighted by molar-refractivity contribution is 5.71. The van der Waals surface area contributed by atoms with Gasteiger partial charge in [-0.15, -0.1) is 0 Å². The van der Waals surface area contributed by atoms with E-state index < -0.39 is 0 Å². The Bertz CT molecular complexity index is 1640. The zero-order valence-electron chi connectivity index (χ0n) is 31.8. The van der Waals surface area contributed by atoms with Crippen LogP contribution in [0.3, 0.4) is 0 Å². The third kappa shape index (κ3) is 5.09. The topological polar surface area (TPSA) is 97.5 Å². The molecule has 2 aromatic rings. The molecule has 0 spiro atoms. The fraction of sp³-hybridized carbons (Fsp3) is 0.756. The number of imidazole rings is 2. The molecule has 50 heavy (non-hydrogen) atoms. The molecule has 274 valence electrons. The number of aromatic nitrogens is 4. The molecule has 0 bridgehead atoms. The summed E-state index contributed by atoms with van der Waals surface area (Å²) < 4.78 is 21.2. The number of rotatable bonds is 6. The van der Waals surface area contributed by atoms with E-state index in [1.54, 1.807) is 31.9 Å². The van der Waals surface area contributed by atoms with E-state index in [4.69, 9.17) is 14.2 Å². The Morgan fingerprint density at radius 2 is 1.50 bits per heavy atom. The summed E-state index contributed by atoms with van der Waals surface area (Å²) in [5.74, 6) is 3.67. The van der Waals surface area contributed by atoms with Crippen LogP contribution in [0.1, 0.15) is 110 Å². The highest BCUT2D eigenvalue weighted by atomic mass is 16.6. The van der Waals surface area contributed by atoms with Gasteiger partial charge in [0.2, 0.25) is 0 Å². The third-order valence-electron chi connectivity index (χ3n) is 16.2. The summed E-state index contributed by atoms with van der Waals surface area (Å²) in [5.41, 5.74) is 1.51. The monoisotopic (exact) mass is 688 g/mol. The van der Waals surface area contributed by atoms with Crippen LogP contribution in [0.5, 0.6) is 0 Å². The summed E-state index contributed by atoms with van der Waals surface area (Å²) in [5, 5.41) is 0. The fourth-order valence-electron chi connectivity index (χ4n) is 13.5.